The van der Waals surface area contributed by atoms with Crippen molar-refractivity contribution in [2.24, 2.45) is 5.92 Å². The molecule has 2 saturated carbocycles. The van der Waals surface area contributed by atoms with Gasteiger partial charge in [0.25, 0.3) is 0 Å². The molecule has 1 saturated heterocycles. The number of fused-ring (bicyclic) bond motifs is 1. The summed E-state index contributed by atoms with van der Waals surface area (Å²) in [6.07, 6.45) is 6.79. The second-order valence-corrected chi connectivity index (χ2v) is 5.46. The van der Waals surface area contributed by atoms with E-state index in [1.807, 2.05) is 0 Å². The van der Waals surface area contributed by atoms with Crippen molar-refractivity contribution in [1.82, 2.24) is 5.32 Å². The van der Waals surface area contributed by atoms with E-state index in [4.69, 9.17) is 9.47 Å². The van der Waals surface area contributed by atoms with E-state index in [1.54, 1.807) is 0 Å². The van der Waals surface area contributed by atoms with Crippen LogP contribution in [0.2, 0.25) is 0 Å². The number of hydrogen-bond acceptors (Lipinski definition) is 3. The minimum atomic E-state index is 0.198. The highest BCUT2D eigenvalue weighted by Crippen LogP contribution is 2.29. The molecule has 3 fully saturated rings. The van der Waals surface area contributed by atoms with E-state index in [2.05, 4.69) is 5.32 Å². The van der Waals surface area contributed by atoms with Gasteiger partial charge in [-0.3, -0.25) is 4.79 Å². The van der Waals surface area contributed by atoms with E-state index in [9.17, 15) is 4.79 Å². The molecule has 3 rings (SSSR count). The molecule has 0 unspecified atom stereocenters. The lowest BCUT2D eigenvalue weighted by Gasteiger charge is -2.39. The maximum Gasteiger partial charge on any atom is 0.223 e. The van der Waals surface area contributed by atoms with E-state index in [-0.39, 0.29) is 24.0 Å². The predicted molar refractivity (Wildman–Crippen MR) is 62.6 cm³/mol. The molecule has 1 heterocycles. The lowest BCUT2D eigenvalue weighted by atomic mass is 9.83. The number of rotatable bonds is 2. The van der Waals surface area contributed by atoms with E-state index in [0.29, 0.717) is 12.6 Å². The Morgan fingerprint density at radius 2 is 1.76 bits per heavy atom. The Labute approximate surface area is 102 Å². The molecule has 1 aliphatic heterocycles. The van der Waals surface area contributed by atoms with Gasteiger partial charge in [0.05, 0.1) is 25.4 Å². The van der Waals surface area contributed by atoms with E-state index in [1.165, 1.54) is 6.42 Å². The van der Waals surface area contributed by atoms with E-state index >= 15 is 0 Å². The zero-order valence-electron chi connectivity index (χ0n) is 10.2. The maximum absolute atomic E-state index is 11.9. The van der Waals surface area contributed by atoms with Crippen LogP contribution in [0.3, 0.4) is 0 Å². The predicted octanol–water partition coefficient (Wildman–Crippen LogP) is 1.24. The third kappa shape index (κ3) is 2.47. The number of carbonyl (C=O) groups excluding carboxylic acids is 1. The Bertz CT molecular complexity index is 290. The van der Waals surface area contributed by atoms with Gasteiger partial charge in [0, 0.05) is 12.0 Å². The summed E-state index contributed by atoms with van der Waals surface area (Å²) >= 11 is 0. The molecule has 3 atom stereocenters. The topological polar surface area (TPSA) is 47.6 Å². The molecule has 1 N–H and O–H groups in total. The molecule has 0 aromatic heterocycles. The summed E-state index contributed by atoms with van der Waals surface area (Å²) in [6.45, 7) is 1.42. The maximum atomic E-state index is 11.9. The molecule has 1 amide bonds. The van der Waals surface area contributed by atoms with E-state index in [0.717, 1.165) is 38.7 Å². The molecular weight excluding hydrogens is 218 g/mol. The minimum absolute atomic E-state index is 0.198. The first-order chi connectivity index (χ1) is 8.33. The first-order valence-corrected chi connectivity index (χ1v) is 6.86. The highest BCUT2D eigenvalue weighted by atomic mass is 16.6. The minimum Gasteiger partial charge on any atom is -0.373 e. The van der Waals surface area contributed by atoms with Crippen molar-refractivity contribution in [3.05, 3.63) is 0 Å². The van der Waals surface area contributed by atoms with Crippen molar-refractivity contribution in [1.29, 1.82) is 0 Å². The molecule has 0 aromatic carbocycles. The summed E-state index contributed by atoms with van der Waals surface area (Å²) in [5, 5.41) is 3.18. The number of ether oxygens (including phenoxy) is 2. The largest absolute Gasteiger partial charge is 0.373 e. The van der Waals surface area contributed by atoms with Gasteiger partial charge in [-0.2, -0.15) is 0 Å². The molecule has 0 aromatic rings. The summed E-state index contributed by atoms with van der Waals surface area (Å²) in [4.78, 5) is 11.9. The van der Waals surface area contributed by atoms with Crippen LogP contribution >= 0.6 is 0 Å². The van der Waals surface area contributed by atoms with Crippen LogP contribution in [-0.2, 0) is 14.3 Å². The summed E-state index contributed by atoms with van der Waals surface area (Å²) < 4.78 is 11.4. The third-order valence-corrected chi connectivity index (χ3v) is 4.30. The standard InChI is InChI=1S/C13H21NO3/c15-13(9-2-1-3-9)14-10-4-5-11-12(8-10)17-7-6-16-11/h9-12H,1-8H2,(H,14,15)/t10-,11-,12+/m1/s1. The summed E-state index contributed by atoms with van der Waals surface area (Å²) in [5.41, 5.74) is 0. The Morgan fingerprint density at radius 1 is 1.00 bits per heavy atom. The number of hydrogen-bond donors (Lipinski definition) is 1. The van der Waals surface area contributed by atoms with Gasteiger partial charge in [-0.25, -0.2) is 0 Å². The molecule has 3 aliphatic rings. The van der Waals surface area contributed by atoms with Crippen LogP contribution in [0.4, 0.5) is 0 Å². The Kier molecular flexibility index (Phi) is 3.34. The van der Waals surface area contributed by atoms with Crippen molar-refractivity contribution in [2.45, 2.75) is 56.8 Å². The SMILES string of the molecule is O=C(N[C@@H]1CC[C@H]2OCCO[C@H]2C1)C1CCC1. The van der Waals surface area contributed by atoms with Crippen LogP contribution in [0.15, 0.2) is 0 Å². The average molecular weight is 239 g/mol. The molecular formula is C13H21NO3. The quantitative estimate of drug-likeness (QED) is 0.788. The molecule has 0 bridgehead atoms. The van der Waals surface area contributed by atoms with Crippen LogP contribution in [-0.4, -0.2) is 37.4 Å². The molecule has 4 nitrogen and oxygen atoms in total. The Balaban J connectivity index is 1.49. The fourth-order valence-electron chi connectivity index (χ4n) is 2.99. The number of carbonyl (C=O) groups is 1. The van der Waals surface area contributed by atoms with Gasteiger partial charge in [0.2, 0.25) is 5.91 Å². The lowest BCUT2D eigenvalue weighted by Crippen LogP contribution is -2.50. The molecule has 17 heavy (non-hydrogen) atoms. The smallest absolute Gasteiger partial charge is 0.223 e. The second kappa shape index (κ2) is 4.94. The van der Waals surface area contributed by atoms with Crippen LogP contribution in [0.5, 0.6) is 0 Å². The van der Waals surface area contributed by atoms with Crippen molar-refractivity contribution in [3.8, 4) is 0 Å². The summed E-state index contributed by atoms with van der Waals surface area (Å²) in [7, 11) is 0. The van der Waals surface area contributed by atoms with Gasteiger partial charge in [-0.15, -0.1) is 0 Å². The monoisotopic (exact) mass is 239 g/mol. The van der Waals surface area contributed by atoms with Crippen molar-refractivity contribution in [3.63, 3.8) is 0 Å². The third-order valence-electron chi connectivity index (χ3n) is 4.30. The zero-order chi connectivity index (χ0) is 11.7. The molecule has 0 radical (unpaired) electrons. The van der Waals surface area contributed by atoms with Gasteiger partial charge < -0.3 is 14.8 Å². The lowest BCUT2D eigenvalue weighted by molar-refractivity contribution is -0.159. The number of amides is 1. The summed E-state index contributed by atoms with van der Waals surface area (Å²) in [5.74, 6) is 0.549. The van der Waals surface area contributed by atoms with Crippen LogP contribution < -0.4 is 5.32 Å². The number of nitrogens with one attached hydrogen (secondary N) is 1. The van der Waals surface area contributed by atoms with Crippen molar-refractivity contribution >= 4 is 5.91 Å². The Hall–Kier alpha value is -0.610. The molecule has 0 spiro atoms. The van der Waals surface area contributed by atoms with Crippen LogP contribution in [0, 0.1) is 5.92 Å². The van der Waals surface area contributed by atoms with Gasteiger partial charge >= 0.3 is 0 Å². The first kappa shape index (κ1) is 11.5. The summed E-state index contributed by atoms with van der Waals surface area (Å²) in [6, 6.07) is 0.297. The van der Waals surface area contributed by atoms with Crippen LogP contribution in [0.25, 0.3) is 0 Å². The van der Waals surface area contributed by atoms with Crippen LogP contribution in [0.1, 0.15) is 38.5 Å². The Morgan fingerprint density at radius 3 is 2.47 bits per heavy atom. The highest BCUT2D eigenvalue weighted by Gasteiger charge is 2.35. The molecule has 96 valence electrons. The van der Waals surface area contributed by atoms with Gasteiger partial charge in [0.1, 0.15) is 0 Å². The normalized spacial score (nSPS) is 38.0. The van der Waals surface area contributed by atoms with E-state index < -0.39 is 0 Å². The van der Waals surface area contributed by atoms with Gasteiger partial charge in [-0.05, 0) is 32.1 Å². The average Bonchev–Trinajstić information content (AvgIpc) is 2.26. The second-order valence-electron chi connectivity index (χ2n) is 5.46. The highest BCUT2D eigenvalue weighted by molar-refractivity contribution is 5.79. The zero-order valence-corrected chi connectivity index (χ0v) is 10.2. The fraction of sp³-hybridized carbons (Fsp3) is 0.923. The molecule has 2 aliphatic carbocycles. The van der Waals surface area contributed by atoms with Gasteiger partial charge in [-0.1, -0.05) is 6.42 Å². The van der Waals surface area contributed by atoms with Gasteiger partial charge in [0.15, 0.2) is 0 Å². The van der Waals surface area contributed by atoms with Crippen molar-refractivity contribution in [2.75, 3.05) is 13.2 Å². The van der Waals surface area contributed by atoms with Crippen molar-refractivity contribution < 1.29 is 14.3 Å². The first-order valence-electron chi connectivity index (χ1n) is 6.86. The molecule has 4 heteroatoms. The fourth-order valence-corrected chi connectivity index (χ4v) is 2.99.